The highest BCUT2D eigenvalue weighted by Gasteiger charge is 2.31. The highest BCUT2D eigenvalue weighted by atomic mass is 32.2. The van der Waals surface area contributed by atoms with E-state index in [9.17, 15) is 22.4 Å². The minimum Gasteiger partial charge on any atom is -0.497 e. The van der Waals surface area contributed by atoms with Crippen molar-refractivity contribution in [1.29, 1.82) is 0 Å². The van der Waals surface area contributed by atoms with E-state index in [1.54, 1.807) is 43.5 Å². The lowest BCUT2D eigenvalue weighted by molar-refractivity contribution is -0.141. The van der Waals surface area contributed by atoms with Gasteiger partial charge in [0.25, 0.3) is 0 Å². The van der Waals surface area contributed by atoms with E-state index in [-0.39, 0.29) is 35.7 Å². The number of methoxy groups -OCH3 is 1. The summed E-state index contributed by atoms with van der Waals surface area (Å²) in [5, 5.41) is 3.01. The molecule has 1 atom stereocenters. The monoisotopic (exact) mass is 643 g/mol. The second-order valence-corrected chi connectivity index (χ2v) is 13.1. The molecule has 0 radical (unpaired) electrons. The normalized spacial score (nSPS) is 13.5. The van der Waals surface area contributed by atoms with Gasteiger partial charge in [-0.3, -0.25) is 9.59 Å². The van der Waals surface area contributed by atoms with Crippen molar-refractivity contribution in [3.63, 3.8) is 0 Å². The van der Waals surface area contributed by atoms with Gasteiger partial charge in [0.1, 0.15) is 17.6 Å². The summed E-state index contributed by atoms with van der Waals surface area (Å²) in [5.74, 6) is -0.239. The van der Waals surface area contributed by atoms with Crippen molar-refractivity contribution in [2.24, 2.45) is 0 Å². The maximum Gasteiger partial charge on any atom is 0.247 e. The van der Waals surface area contributed by atoms with Gasteiger partial charge in [-0.2, -0.15) is 0 Å². The zero-order valence-corrected chi connectivity index (χ0v) is 26.5. The van der Waals surface area contributed by atoms with E-state index in [0.717, 1.165) is 29.7 Å². The first kappa shape index (κ1) is 32.8. The van der Waals surface area contributed by atoms with Crippen LogP contribution in [0.2, 0.25) is 0 Å². The van der Waals surface area contributed by atoms with Crippen LogP contribution in [0, 0.1) is 5.82 Å². The van der Waals surface area contributed by atoms with Crippen molar-refractivity contribution in [2.45, 2.75) is 55.6 Å². The van der Waals surface area contributed by atoms with Crippen molar-refractivity contribution in [2.75, 3.05) is 13.7 Å². The van der Waals surface area contributed by atoms with Crippen molar-refractivity contribution in [3.05, 3.63) is 131 Å². The molecule has 4 aromatic carbocycles. The molecular weight excluding hydrogens is 605 g/mol. The summed E-state index contributed by atoms with van der Waals surface area (Å²) in [6.45, 7) is 0.451. The first-order valence-corrected chi connectivity index (χ1v) is 16.8. The van der Waals surface area contributed by atoms with Gasteiger partial charge in [0.2, 0.25) is 21.8 Å². The van der Waals surface area contributed by atoms with Crippen LogP contribution < -0.4 is 14.8 Å². The van der Waals surface area contributed by atoms with Gasteiger partial charge in [-0.25, -0.2) is 17.5 Å². The molecule has 240 valence electrons. The molecule has 0 spiro atoms. The molecule has 0 saturated heterocycles. The SMILES string of the molecule is COc1ccc(CCNC(=O)C(c2ccccc2)N(Cc2ccc(F)cc2)C(=O)CCc2ccc(S(=O)(=O)NC3CC3)cc2)cc1. The van der Waals surface area contributed by atoms with E-state index in [4.69, 9.17) is 4.74 Å². The molecule has 1 saturated carbocycles. The maximum atomic E-state index is 14.0. The van der Waals surface area contributed by atoms with Gasteiger partial charge < -0.3 is 15.0 Å². The van der Waals surface area contributed by atoms with E-state index in [2.05, 4.69) is 10.0 Å². The van der Waals surface area contributed by atoms with Crippen molar-refractivity contribution in [1.82, 2.24) is 14.9 Å². The Morgan fingerprint density at radius 3 is 2.09 bits per heavy atom. The minimum atomic E-state index is -3.58. The van der Waals surface area contributed by atoms with Crippen molar-refractivity contribution < 1.29 is 27.1 Å². The van der Waals surface area contributed by atoms with Crippen molar-refractivity contribution >= 4 is 21.8 Å². The molecule has 2 amide bonds. The lowest BCUT2D eigenvalue weighted by atomic mass is 10.0. The fourth-order valence-corrected chi connectivity index (χ4v) is 6.46. The predicted molar refractivity (Wildman–Crippen MR) is 174 cm³/mol. The van der Waals surface area contributed by atoms with Gasteiger partial charge in [-0.15, -0.1) is 0 Å². The summed E-state index contributed by atoms with van der Waals surface area (Å²) in [6, 6.07) is 28.2. The number of ether oxygens (including phenoxy) is 1. The zero-order chi connectivity index (χ0) is 32.5. The van der Waals surface area contributed by atoms with Crippen LogP contribution in [0.4, 0.5) is 4.39 Å². The number of carbonyl (C=O) groups excluding carboxylic acids is 2. The molecule has 1 unspecified atom stereocenters. The summed E-state index contributed by atoms with van der Waals surface area (Å²) in [6.07, 6.45) is 2.70. The molecule has 10 heteroatoms. The van der Waals surface area contributed by atoms with Crippen LogP contribution in [-0.4, -0.2) is 44.8 Å². The molecule has 1 aliphatic carbocycles. The first-order valence-electron chi connectivity index (χ1n) is 15.3. The number of nitrogens with one attached hydrogen (secondary N) is 2. The van der Waals surface area contributed by atoms with Gasteiger partial charge in [0, 0.05) is 25.6 Å². The number of hydrogen-bond acceptors (Lipinski definition) is 5. The topological polar surface area (TPSA) is 105 Å². The summed E-state index contributed by atoms with van der Waals surface area (Å²) < 4.78 is 46.8. The van der Waals surface area contributed by atoms with E-state index in [1.165, 1.54) is 17.0 Å². The third-order valence-electron chi connectivity index (χ3n) is 7.89. The van der Waals surface area contributed by atoms with Crippen LogP contribution in [-0.2, 0) is 39.0 Å². The van der Waals surface area contributed by atoms with Gasteiger partial charge in [-0.1, -0.05) is 66.7 Å². The lowest BCUT2D eigenvalue weighted by Crippen LogP contribution is -2.44. The Balaban J connectivity index is 1.33. The molecule has 1 aliphatic rings. The van der Waals surface area contributed by atoms with E-state index in [1.807, 2.05) is 54.6 Å². The number of carbonyl (C=O) groups is 2. The summed E-state index contributed by atoms with van der Waals surface area (Å²) in [7, 11) is -1.97. The molecule has 0 heterocycles. The number of rotatable bonds is 15. The standard InChI is InChI=1S/C36H38FN3O5S/c1-45-32-18-9-27(10-19-32)23-24-38-36(42)35(29-5-3-2-4-6-29)40(25-28-7-14-30(37)15-8-28)34(41)22-13-26-11-20-33(21-12-26)46(43,44)39-31-16-17-31/h2-12,14-15,18-21,31,35,39H,13,16-17,22-25H2,1H3,(H,38,42). The highest BCUT2D eigenvalue weighted by Crippen LogP contribution is 2.26. The van der Waals surface area contributed by atoms with E-state index in [0.29, 0.717) is 30.5 Å². The van der Waals surface area contributed by atoms with E-state index >= 15 is 0 Å². The van der Waals surface area contributed by atoms with Gasteiger partial charge in [-0.05, 0) is 84.3 Å². The third kappa shape index (κ3) is 9.02. The highest BCUT2D eigenvalue weighted by molar-refractivity contribution is 7.89. The fraction of sp³-hybridized carbons (Fsp3) is 0.278. The van der Waals surface area contributed by atoms with Gasteiger partial charge in [0.15, 0.2) is 0 Å². The molecule has 2 N–H and O–H groups in total. The average molecular weight is 644 g/mol. The molecule has 0 bridgehead atoms. The number of nitrogens with zero attached hydrogens (tertiary/aromatic N) is 1. The molecule has 4 aromatic rings. The Morgan fingerprint density at radius 1 is 0.848 bits per heavy atom. The van der Waals surface area contributed by atoms with Crippen LogP contribution in [0.3, 0.4) is 0 Å². The number of hydrogen-bond donors (Lipinski definition) is 2. The number of aryl methyl sites for hydroxylation is 1. The second-order valence-electron chi connectivity index (χ2n) is 11.4. The Kier molecular flexibility index (Phi) is 10.8. The Hall–Kier alpha value is -4.54. The smallest absolute Gasteiger partial charge is 0.247 e. The molecule has 0 aliphatic heterocycles. The van der Waals surface area contributed by atoms with Gasteiger partial charge in [0.05, 0.1) is 12.0 Å². The number of benzene rings is 4. The summed E-state index contributed by atoms with van der Waals surface area (Å²) in [5.41, 5.74) is 3.15. The average Bonchev–Trinajstić information content (AvgIpc) is 3.88. The predicted octanol–water partition coefficient (Wildman–Crippen LogP) is 5.34. The number of sulfonamides is 1. The Labute approximate surface area is 269 Å². The molecular formula is C36H38FN3O5S. The molecule has 8 nitrogen and oxygen atoms in total. The molecule has 46 heavy (non-hydrogen) atoms. The van der Waals surface area contributed by atoms with Crippen LogP contribution in [0.5, 0.6) is 5.75 Å². The molecule has 0 aromatic heterocycles. The minimum absolute atomic E-state index is 0.00611. The fourth-order valence-electron chi connectivity index (χ4n) is 5.16. The maximum absolute atomic E-state index is 14.0. The summed E-state index contributed by atoms with van der Waals surface area (Å²) >= 11 is 0. The van der Waals surface area contributed by atoms with Gasteiger partial charge >= 0.3 is 0 Å². The Bertz CT molecular complexity index is 1710. The van der Waals surface area contributed by atoms with Crippen LogP contribution in [0.25, 0.3) is 0 Å². The first-order chi connectivity index (χ1) is 22.2. The zero-order valence-electron chi connectivity index (χ0n) is 25.7. The second kappa shape index (κ2) is 15.2. The van der Waals surface area contributed by atoms with Crippen LogP contribution in [0.1, 0.15) is 47.6 Å². The largest absolute Gasteiger partial charge is 0.497 e. The van der Waals surface area contributed by atoms with E-state index < -0.39 is 21.9 Å². The molecule has 1 fully saturated rings. The molecule has 5 rings (SSSR count). The number of amides is 2. The summed E-state index contributed by atoms with van der Waals surface area (Å²) in [4.78, 5) is 29.5. The lowest BCUT2D eigenvalue weighted by Gasteiger charge is -2.32. The number of halogens is 1. The van der Waals surface area contributed by atoms with Crippen LogP contribution >= 0.6 is 0 Å². The third-order valence-corrected chi connectivity index (χ3v) is 9.43. The Morgan fingerprint density at radius 2 is 1.46 bits per heavy atom. The van der Waals surface area contributed by atoms with Crippen molar-refractivity contribution in [3.8, 4) is 5.75 Å². The van der Waals surface area contributed by atoms with Crippen LogP contribution in [0.15, 0.2) is 108 Å². The quantitative estimate of drug-likeness (QED) is 0.182.